The van der Waals surface area contributed by atoms with Crippen molar-refractivity contribution in [1.29, 1.82) is 0 Å². The number of esters is 1. The van der Waals surface area contributed by atoms with Crippen LogP contribution in [0, 0.1) is 11.7 Å². The molecule has 0 saturated carbocycles. The van der Waals surface area contributed by atoms with Gasteiger partial charge >= 0.3 is 11.9 Å². The van der Waals surface area contributed by atoms with Crippen LogP contribution in [-0.4, -0.2) is 24.2 Å². The first-order chi connectivity index (χ1) is 7.97. The minimum absolute atomic E-state index is 0.0651. The number of carboxylic acid groups (broad SMARTS) is 1. The van der Waals surface area contributed by atoms with Crippen LogP contribution < -0.4 is 0 Å². The second-order valence-electron chi connectivity index (χ2n) is 3.33. The Hall–Kier alpha value is -1.62. The molecule has 4 nitrogen and oxygen atoms in total. The molecule has 0 radical (unpaired) electrons. The fraction of sp³-hybridized carbons (Fsp3) is 0.273. The summed E-state index contributed by atoms with van der Waals surface area (Å²) in [6, 6.07) is 4.20. The predicted molar refractivity (Wildman–Crippen MR) is 58.3 cm³/mol. The molecule has 92 valence electrons. The highest BCUT2D eigenvalue weighted by molar-refractivity contribution is 6.30. The zero-order chi connectivity index (χ0) is 13.0. The molecule has 0 fully saturated rings. The van der Waals surface area contributed by atoms with Gasteiger partial charge in [-0.1, -0.05) is 23.7 Å². The fourth-order valence-electron chi connectivity index (χ4n) is 1.34. The molecule has 1 aromatic rings. The maximum Gasteiger partial charge on any atom is 0.320 e. The Morgan fingerprint density at radius 2 is 2.18 bits per heavy atom. The Labute approximate surface area is 102 Å². The number of carbonyl (C=O) groups is 2. The lowest BCUT2D eigenvalue weighted by Gasteiger charge is -2.10. The minimum Gasteiger partial charge on any atom is -0.481 e. The molecular weight excluding hydrogens is 251 g/mol. The van der Waals surface area contributed by atoms with E-state index in [0.717, 1.165) is 7.11 Å². The van der Waals surface area contributed by atoms with Crippen LogP contribution in [0.3, 0.4) is 0 Å². The van der Waals surface area contributed by atoms with Crippen LogP contribution in [0.4, 0.5) is 4.39 Å². The molecule has 1 atom stereocenters. The van der Waals surface area contributed by atoms with Crippen molar-refractivity contribution in [3.05, 3.63) is 34.6 Å². The first-order valence-corrected chi connectivity index (χ1v) is 5.08. The number of carboxylic acids is 1. The van der Waals surface area contributed by atoms with E-state index in [0.29, 0.717) is 0 Å². The van der Waals surface area contributed by atoms with Crippen molar-refractivity contribution < 1.29 is 23.8 Å². The van der Waals surface area contributed by atoms with Crippen molar-refractivity contribution in [3.8, 4) is 0 Å². The van der Waals surface area contributed by atoms with Gasteiger partial charge in [0.25, 0.3) is 0 Å². The number of hydrogen-bond donors (Lipinski definition) is 1. The van der Waals surface area contributed by atoms with Gasteiger partial charge in [0.05, 0.1) is 12.1 Å². The van der Waals surface area contributed by atoms with Crippen molar-refractivity contribution in [2.75, 3.05) is 7.11 Å². The highest BCUT2D eigenvalue weighted by atomic mass is 35.5. The SMILES string of the molecule is COC(=O)C(Cc1cccc(Cl)c1F)C(=O)O. The lowest BCUT2D eigenvalue weighted by molar-refractivity contribution is -0.156. The van der Waals surface area contributed by atoms with Gasteiger partial charge in [0.2, 0.25) is 0 Å². The summed E-state index contributed by atoms with van der Waals surface area (Å²) < 4.78 is 17.9. The number of aliphatic carboxylic acids is 1. The van der Waals surface area contributed by atoms with E-state index in [1.54, 1.807) is 0 Å². The molecule has 1 unspecified atom stereocenters. The summed E-state index contributed by atoms with van der Waals surface area (Å²) >= 11 is 5.55. The third kappa shape index (κ3) is 3.17. The Balaban J connectivity index is 2.98. The molecule has 0 aliphatic heterocycles. The van der Waals surface area contributed by atoms with Crippen molar-refractivity contribution in [2.24, 2.45) is 5.92 Å². The predicted octanol–water partition coefficient (Wildman–Crippen LogP) is 1.90. The zero-order valence-electron chi connectivity index (χ0n) is 8.94. The summed E-state index contributed by atoms with van der Waals surface area (Å²) in [5, 5.41) is 8.73. The van der Waals surface area contributed by atoms with E-state index in [2.05, 4.69) is 4.74 Å². The number of benzene rings is 1. The van der Waals surface area contributed by atoms with Gasteiger partial charge in [-0.15, -0.1) is 0 Å². The first kappa shape index (κ1) is 13.4. The molecule has 1 aromatic carbocycles. The minimum atomic E-state index is -1.44. The molecule has 0 bridgehead atoms. The van der Waals surface area contributed by atoms with Crippen molar-refractivity contribution >= 4 is 23.5 Å². The van der Waals surface area contributed by atoms with E-state index in [1.807, 2.05) is 0 Å². The lowest BCUT2D eigenvalue weighted by atomic mass is 9.99. The van der Waals surface area contributed by atoms with Crippen LogP contribution in [0.1, 0.15) is 5.56 Å². The second-order valence-corrected chi connectivity index (χ2v) is 3.74. The summed E-state index contributed by atoms with van der Waals surface area (Å²) in [7, 11) is 1.08. The van der Waals surface area contributed by atoms with Crippen LogP contribution in [0.5, 0.6) is 0 Å². The molecular formula is C11H10ClFO4. The average molecular weight is 261 g/mol. The Kier molecular flexibility index (Phi) is 4.45. The highest BCUT2D eigenvalue weighted by Crippen LogP contribution is 2.21. The monoisotopic (exact) mass is 260 g/mol. The standard InChI is InChI=1S/C11H10ClFO4/c1-17-11(16)7(10(14)15)5-6-3-2-4-8(12)9(6)13/h2-4,7H,5H2,1H3,(H,14,15). The molecule has 0 saturated heterocycles. The molecule has 17 heavy (non-hydrogen) atoms. The highest BCUT2D eigenvalue weighted by Gasteiger charge is 2.28. The molecule has 0 heterocycles. The fourth-order valence-corrected chi connectivity index (χ4v) is 1.53. The molecule has 1 N–H and O–H groups in total. The van der Waals surface area contributed by atoms with E-state index in [1.165, 1.54) is 18.2 Å². The van der Waals surface area contributed by atoms with Crippen molar-refractivity contribution in [2.45, 2.75) is 6.42 Å². The number of hydrogen-bond acceptors (Lipinski definition) is 3. The Morgan fingerprint density at radius 1 is 1.53 bits per heavy atom. The second kappa shape index (κ2) is 5.63. The topological polar surface area (TPSA) is 63.6 Å². The summed E-state index contributed by atoms with van der Waals surface area (Å²) in [6.45, 7) is 0. The number of carbonyl (C=O) groups excluding carboxylic acids is 1. The number of methoxy groups -OCH3 is 1. The largest absolute Gasteiger partial charge is 0.481 e. The Morgan fingerprint density at radius 3 is 2.71 bits per heavy atom. The summed E-state index contributed by atoms with van der Waals surface area (Å²) in [6.07, 6.45) is -0.297. The average Bonchev–Trinajstić information content (AvgIpc) is 2.29. The van der Waals surface area contributed by atoms with Gasteiger partial charge in [0.1, 0.15) is 5.82 Å². The van der Waals surface area contributed by atoms with Crippen molar-refractivity contribution in [3.63, 3.8) is 0 Å². The molecule has 1 rings (SSSR count). The number of rotatable bonds is 4. The molecule has 0 aliphatic rings. The lowest BCUT2D eigenvalue weighted by Crippen LogP contribution is -2.27. The van der Waals surface area contributed by atoms with E-state index in [4.69, 9.17) is 16.7 Å². The van der Waals surface area contributed by atoms with Crippen LogP contribution in [0.25, 0.3) is 0 Å². The molecule has 0 amide bonds. The van der Waals surface area contributed by atoms with Crippen LogP contribution in [0.2, 0.25) is 5.02 Å². The molecule has 0 aliphatic carbocycles. The third-order valence-corrected chi connectivity index (χ3v) is 2.53. The summed E-state index contributed by atoms with van der Waals surface area (Å²) in [4.78, 5) is 22.0. The van der Waals surface area contributed by atoms with E-state index in [9.17, 15) is 14.0 Å². The smallest absolute Gasteiger partial charge is 0.320 e. The summed E-state index contributed by atoms with van der Waals surface area (Å²) in [5.74, 6) is -4.44. The zero-order valence-corrected chi connectivity index (χ0v) is 9.70. The van der Waals surface area contributed by atoms with E-state index >= 15 is 0 Å². The first-order valence-electron chi connectivity index (χ1n) is 4.71. The van der Waals surface area contributed by atoms with Crippen LogP contribution in [-0.2, 0) is 20.7 Å². The quantitative estimate of drug-likeness (QED) is 0.663. The maximum absolute atomic E-state index is 13.5. The van der Waals surface area contributed by atoms with Crippen LogP contribution >= 0.6 is 11.6 Å². The van der Waals surface area contributed by atoms with Gasteiger partial charge in [0.15, 0.2) is 5.92 Å². The third-order valence-electron chi connectivity index (χ3n) is 2.24. The number of halogens is 2. The molecule has 6 heteroatoms. The maximum atomic E-state index is 13.5. The van der Waals surface area contributed by atoms with Gasteiger partial charge in [0, 0.05) is 0 Å². The van der Waals surface area contributed by atoms with E-state index < -0.39 is 23.7 Å². The van der Waals surface area contributed by atoms with Gasteiger partial charge in [-0.3, -0.25) is 9.59 Å². The Bertz CT molecular complexity index is 447. The van der Waals surface area contributed by atoms with Crippen LogP contribution in [0.15, 0.2) is 18.2 Å². The van der Waals surface area contributed by atoms with Gasteiger partial charge in [-0.25, -0.2) is 4.39 Å². The number of ether oxygens (including phenoxy) is 1. The van der Waals surface area contributed by atoms with Crippen molar-refractivity contribution in [1.82, 2.24) is 0 Å². The molecule has 0 spiro atoms. The van der Waals surface area contributed by atoms with Gasteiger partial charge in [-0.2, -0.15) is 0 Å². The van der Waals surface area contributed by atoms with E-state index in [-0.39, 0.29) is 17.0 Å². The van der Waals surface area contributed by atoms with Gasteiger partial charge in [-0.05, 0) is 18.1 Å². The molecule has 0 aromatic heterocycles. The van der Waals surface area contributed by atoms with Gasteiger partial charge < -0.3 is 9.84 Å². The summed E-state index contributed by atoms with van der Waals surface area (Å²) in [5.41, 5.74) is 0.0651. The normalized spacial score (nSPS) is 11.9.